The molecule has 1 aliphatic rings. The van der Waals surface area contributed by atoms with Crippen molar-refractivity contribution in [3.8, 4) is 0 Å². The van der Waals surface area contributed by atoms with E-state index in [2.05, 4.69) is 14.6 Å². The van der Waals surface area contributed by atoms with E-state index in [1.54, 1.807) is 24.4 Å². The standard InChI is InChI=1S/C16H19N3O3S/c20-23(21,13-14-4-2-1-3-5-14)18-15-6-7-16(17-12-15)19-8-10-22-11-9-19/h1-7,12,18H,8-11,13H2. The fraction of sp³-hybridized carbons (Fsp3) is 0.312. The summed E-state index contributed by atoms with van der Waals surface area (Å²) in [6.07, 6.45) is 1.55. The number of anilines is 2. The van der Waals surface area contributed by atoms with Gasteiger partial charge in [0.1, 0.15) is 5.82 Å². The van der Waals surface area contributed by atoms with Gasteiger partial charge in [0.25, 0.3) is 0 Å². The molecule has 1 saturated heterocycles. The Morgan fingerprint density at radius 2 is 1.83 bits per heavy atom. The average molecular weight is 333 g/mol. The van der Waals surface area contributed by atoms with Crippen molar-refractivity contribution in [2.45, 2.75) is 5.75 Å². The number of nitrogens with zero attached hydrogens (tertiary/aromatic N) is 2. The lowest BCUT2D eigenvalue weighted by molar-refractivity contribution is 0.122. The number of nitrogens with one attached hydrogen (secondary N) is 1. The third kappa shape index (κ3) is 4.43. The second-order valence-electron chi connectivity index (χ2n) is 5.35. The number of aromatic nitrogens is 1. The minimum atomic E-state index is -3.45. The molecule has 1 fully saturated rings. The smallest absolute Gasteiger partial charge is 0.236 e. The summed E-state index contributed by atoms with van der Waals surface area (Å²) in [5.74, 6) is 0.776. The number of ether oxygens (including phenoxy) is 1. The van der Waals surface area contributed by atoms with Crippen molar-refractivity contribution in [1.82, 2.24) is 4.98 Å². The van der Waals surface area contributed by atoms with Crippen LogP contribution in [0.5, 0.6) is 0 Å². The van der Waals surface area contributed by atoms with E-state index in [9.17, 15) is 8.42 Å². The molecule has 1 aliphatic heterocycles. The number of hydrogen-bond donors (Lipinski definition) is 1. The van der Waals surface area contributed by atoms with Gasteiger partial charge in [-0.25, -0.2) is 13.4 Å². The van der Waals surface area contributed by atoms with Crippen molar-refractivity contribution in [3.63, 3.8) is 0 Å². The van der Waals surface area contributed by atoms with Gasteiger partial charge in [-0.15, -0.1) is 0 Å². The Hall–Kier alpha value is -2.12. The van der Waals surface area contributed by atoms with Crippen molar-refractivity contribution in [3.05, 3.63) is 54.2 Å². The predicted octanol–water partition coefficient (Wildman–Crippen LogP) is 1.86. The van der Waals surface area contributed by atoms with Crippen LogP contribution in [0.25, 0.3) is 0 Å². The third-order valence-corrected chi connectivity index (χ3v) is 4.82. The van der Waals surface area contributed by atoms with Crippen LogP contribution >= 0.6 is 0 Å². The summed E-state index contributed by atoms with van der Waals surface area (Å²) >= 11 is 0. The second-order valence-corrected chi connectivity index (χ2v) is 7.07. The van der Waals surface area contributed by atoms with Crippen LogP contribution in [0.2, 0.25) is 0 Å². The summed E-state index contributed by atoms with van der Waals surface area (Å²) in [7, 11) is -3.45. The van der Waals surface area contributed by atoms with Crippen molar-refractivity contribution >= 4 is 21.5 Å². The molecule has 0 spiro atoms. The van der Waals surface area contributed by atoms with Gasteiger partial charge in [0.05, 0.1) is 30.9 Å². The summed E-state index contributed by atoms with van der Waals surface area (Å²) < 4.78 is 32.2. The second kappa shape index (κ2) is 6.97. The molecule has 0 bridgehead atoms. The summed E-state index contributed by atoms with van der Waals surface area (Å²) in [6.45, 7) is 2.97. The van der Waals surface area contributed by atoms with Crippen LogP contribution in [-0.2, 0) is 20.5 Å². The van der Waals surface area contributed by atoms with Gasteiger partial charge in [-0.05, 0) is 17.7 Å². The van der Waals surface area contributed by atoms with Gasteiger partial charge in [-0.1, -0.05) is 30.3 Å². The third-order valence-electron chi connectivity index (χ3n) is 3.56. The molecule has 1 aromatic heterocycles. The zero-order chi connectivity index (χ0) is 16.1. The molecule has 6 nitrogen and oxygen atoms in total. The van der Waals surface area contributed by atoms with E-state index in [0.717, 1.165) is 24.5 Å². The first-order valence-corrected chi connectivity index (χ1v) is 9.11. The van der Waals surface area contributed by atoms with E-state index in [0.29, 0.717) is 18.9 Å². The highest BCUT2D eigenvalue weighted by atomic mass is 32.2. The number of rotatable bonds is 5. The highest BCUT2D eigenvalue weighted by molar-refractivity contribution is 7.91. The Labute approximate surface area is 136 Å². The van der Waals surface area contributed by atoms with Gasteiger partial charge in [0.15, 0.2) is 0 Å². The van der Waals surface area contributed by atoms with Crippen molar-refractivity contribution in [2.24, 2.45) is 0 Å². The molecule has 0 saturated carbocycles. The first-order chi connectivity index (χ1) is 11.1. The largest absolute Gasteiger partial charge is 0.378 e. The number of morpholine rings is 1. The lowest BCUT2D eigenvalue weighted by Crippen LogP contribution is -2.36. The molecule has 122 valence electrons. The summed E-state index contributed by atoms with van der Waals surface area (Å²) in [6, 6.07) is 12.6. The maximum Gasteiger partial charge on any atom is 0.236 e. The van der Waals surface area contributed by atoms with Crippen LogP contribution in [0.1, 0.15) is 5.56 Å². The molecule has 7 heteroatoms. The molecule has 2 aromatic rings. The molecule has 0 radical (unpaired) electrons. The Bertz CT molecular complexity index is 727. The Morgan fingerprint density at radius 1 is 1.09 bits per heavy atom. The van der Waals surface area contributed by atoms with Crippen LogP contribution in [-0.4, -0.2) is 39.7 Å². The maximum absolute atomic E-state index is 12.2. The predicted molar refractivity (Wildman–Crippen MR) is 90.0 cm³/mol. The highest BCUT2D eigenvalue weighted by Gasteiger charge is 2.14. The first kappa shape index (κ1) is 15.8. The molecular weight excluding hydrogens is 314 g/mol. The number of pyridine rings is 1. The number of benzene rings is 1. The molecule has 3 rings (SSSR count). The van der Waals surface area contributed by atoms with Crippen molar-refractivity contribution in [2.75, 3.05) is 35.9 Å². The zero-order valence-electron chi connectivity index (χ0n) is 12.7. The maximum atomic E-state index is 12.2. The molecule has 0 amide bonds. The fourth-order valence-electron chi connectivity index (χ4n) is 2.44. The van der Waals surface area contributed by atoms with Crippen LogP contribution in [0.4, 0.5) is 11.5 Å². The van der Waals surface area contributed by atoms with Gasteiger partial charge in [0.2, 0.25) is 10.0 Å². The highest BCUT2D eigenvalue weighted by Crippen LogP contribution is 2.17. The molecular formula is C16H19N3O3S. The van der Waals surface area contributed by atoms with Gasteiger partial charge >= 0.3 is 0 Å². The van der Waals surface area contributed by atoms with Gasteiger partial charge in [-0.3, -0.25) is 4.72 Å². The minimum absolute atomic E-state index is 0.0565. The van der Waals surface area contributed by atoms with Crippen molar-refractivity contribution in [1.29, 1.82) is 0 Å². The fourth-order valence-corrected chi connectivity index (χ4v) is 3.62. The van der Waals surface area contributed by atoms with E-state index < -0.39 is 10.0 Å². The van der Waals surface area contributed by atoms with Crippen LogP contribution in [0.3, 0.4) is 0 Å². The summed E-state index contributed by atoms with van der Waals surface area (Å²) in [4.78, 5) is 6.45. The van der Waals surface area contributed by atoms with E-state index in [4.69, 9.17) is 4.74 Å². The van der Waals surface area contributed by atoms with E-state index in [-0.39, 0.29) is 5.75 Å². The molecule has 0 unspecified atom stereocenters. The first-order valence-electron chi connectivity index (χ1n) is 7.45. The Kier molecular flexibility index (Phi) is 4.78. The van der Waals surface area contributed by atoms with Gasteiger partial charge in [-0.2, -0.15) is 0 Å². The zero-order valence-corrected chi connectivity index (χ0v) is 13.5. The van der Waals surface area contributed by atoms with Gasteiger partial charge in [0, 0.05) is 13.1 Å². The monoisotopic (exact) mass is 333 g/mol. The average Bonchev–Trinajstić information content (AvgIpc) is 2.56. The lowest BCUT2D eigenvalue weighted by Gasteiger charge is -2.27. The normalized spacial score (nSPS) is 15.4. The molecule has 0 aliphatic carbocycles. The molecule has 23 heavy (non-hydrogen) atoms. The molecule has 2 heterocycles. The lowest BCUT2D eigenvalue weighted by atomic mass is 10.2. The van der Waals surface area contributed by atoms with E-state index in [1.165, 1.54) is 0 Å². The topological polar surface area (TPSA) is 71.5 Å². The van der Waals surface area contributed by atoms with Crippen molar-refractivity contribution < 1.29 is 13.2 Å². The summed E-state index contributed by atoms with van der Waals surface area (Å²) in [5, 5.41) is 0. The van der Waals surface area contributed by atoms with E-state index >= 15 is 0 Å². The summed E-state index contributed by atoms with van der Waals surface area (Å²) in [5.41, 5.74) is 1.22. The van der Waals surface area contributed by atoms with Crippen LogP contribution in [0.15, 0.2) is 48.7 Å². The minimum Gasteiger partial charge on any atom is -0.378 e. The SMILES string of the molecule is O=S(=O)(Cc1ccccc1)Nc1ccc(N2CCOCC2)nc1. The number of sulfonamides is 1. The Morgan fingerprint density at radius 3 is 2.48 bits per heavy atom. The Balaban J connectivity index is 1.65. The van der Waals surface area contributed by atoms with Gasteiger partial charge < -0.3 is 9.64 Å². The molecule has 0 atom stereocenters. The van der Waals surface area contributed by atoms with Crippen LogP contribution < -0.4 is 9.62 Å². The quantitative estimate of drug-likeness (QED) is 0.904. The molecule has 1 N–H and O–H groups in total. The number of hydrogen-bond acceptors (Lipinski definition) is 5. The molecule has 1 aromatic carbocycles. The van der Waals surface area contributed by atoms with E-state index in [1.807, 2.05) is 24.3 Å². The van der Waals surface area contributed by atoms with Crippen LogP contribution in [0, 0.1) is 0 Å².